The van der Waals surface area contributed by atoms with Gasteiger partial charge in [0.1, 0.15) is 0 Å². The monoisotopic (exact) mass is 334 g/mol. The number of benzene rings is 1. The largest absolute Gasteiger partial charge is 0.493 e. The van der Waals surface area contributed by atoms with Crippen LogP contribution in [0, 0.1) is 0 Å². The molecule has 0 heterocycles. The topological polar surface area (TPSA) is 76.7 Å². The molecule has 0 aromatic heterocycles. The third-order valence-corrected chi connectivity index (χ3v) is 4.29. The predicted molar refractivity (Wildman–Crippen MR) is 91.3 cm³/mol. The van der Waals surface area contributed by atoms with Gasteiger partial charge in [-0.25, -0.2) is 0 Å². The zero-order chi connectivity index (χ0) is 17.4. The van der Waals surface area contributed by atoms with Gasteiger partial charge in [-0.05, 0) is 37.0 Å². The van der Waals surface area contributed by atoms with Gasteiger partial charge >= 0.3 is 11.8 Å². The van der Waals surface area contributed by atoms with Crippen LogP contribution >= 0.6 is 0 Å². The highest BCUT2D eigenvalue weighted by molar-refractivity contribution is 6.35. The number of carbonyl (C=O) groups is 2. The van der Waals surface area contributed by atoms with E-state index in [0.29, 0.717) is 24.5 Å². The van der Waals surface area contributed by atoms with Crippen molar-refractivity contribution < 1.29 is 19.1 Å². The van der Waals surface area contributed by atoms with Gasteiger partial charge in [0.25, 0.3) is 0 Å². The number of rotatable bonds is 6. The highest BCUT2D eigenvalue weighted by Gasteiger charge is 2.19. The molecule has 6 nitrogen and oxygen atoms in total. The Kier molecular flexibility index (Phi) is 6.90. The molecule has 0 aliphatic heterocycles. The lowest BCUT2D eigenvalue weighted by Gasteiger charge is -2.22. The summed E-state index contributed by atoms with van der Waals surface area (Å²) < 4.78 is 10.4. The molecule has 2 rings (SSSR count). The van der Waals surface area contributed by atoms with Crippen LogP contribution in [0.25, 0.3) is 0 Å². The van der Waals surface area contributed by atoms with Crippen molar-refractivity contribution in [3.63, 3.8) is 0 Å². The van der Waals surface area contributed by atoms with Crippen LogP contribution in [-0.2, 0) is 16.0 Å². The maximum Gasteiger partial charge on any atom is 0.309 e. The number of amides is 2. The molecule has 2 N–H and O–H groups in total. The molecule has 1 aromatic carbocycles. The van der Waals surface area contributed by atoms with E-state index in [-0.39, 0.29) is 6.04 Å². The Morgan fingerprint density at radius 3 is 2.42 bits per heavy atom. The molecule has 0 spiro atoms. The third-order valence-electron chi connectivity index (χ3n) is 4.29. The summed E-state index contributed by atoms with van der Waals surface area (Å²) in [6.07, 6.45) is 5.99. The highest BCUT2D eigenvalue weighted by Crippen LogP contribution is 2.27. The van der Waals surface area contributed by atoms with Gasteiger partial charge in [0.15, 0.2) is 11.5 Å². The van der Waals surface area contributed by atoms with Gasteiger partial charge in [-0.2, -0.15) is 0 Å². The van der Waals surface area contributed by atoms with E-state index < -0.39 is 11.8 Å². The van der Waals surface area contributed by atoms with Crippen LogP contribution in [-0.4, -0.2) is 38.6 Å². The Morgan fingerprint density at radius 1 is 1.04 bits per heavy atom. The van der Waals surface area contributed by atoms with Crippen molar-refractivity contribution in [3.05, 3.63) is 23.8 Å². The molecular weight excluding hydrogens is 308 g/mol. The molecule has 1 aliphatic rings. The lowest BCUT2D eigenvalue weighted by Crippen LogP contribution is -2.45. The van der Waals surface area contributed by atoms with Crippen LogP contribution in [0.15, 0.2) is 18.2 Å². The van der Waals surface area contributed by atoms with Gasteiger partial charge < -0.3 is 20.1 Å². The second-order valence-corrected chi connectivity index (χ2v) is 6.00. The van der Waals surface area contributed by atoms with Crippen molar-refractivity contribution in [1.82, 2.24) is 10.6 Å². The van der Waals surface area contributed by atoms with Crippen molar-refractivity contribution in [3.8, 4) is 11.5 Å². The Labute approximate surface area is 142 Å². The number of ether oxygens (including phenoxy) is 2. The molecule has 0 saturated heterocycles. The summed E-state index contributed by atoms with van der Waals surface area (Å²) in [6, 6.07) is 5.75. The van der Waals surface area contributed by atoms with E-state index in [0.717, 1.165) is 31.2 Å². The minimum atomic E-state index is -0.568. The van der Waals surface area contributed by atoms with Crippen LogP contribution in [0.3, 0.4) is 0 Å². The minimum Gasteiger partial charge on any atom is -0.493 e. The van der Waals surface area contributed by atoms with Crippen molar-refractivity contribution in [2.75, 3.05) is 20.8 Å². The van der Waals surface area contributed by atoms with E-state index in [4.69, 9.17) is 9.47 Å². The van der Waals surface area contributed by atoms with Crippen LogP contribution < -0.4 is 20.1 Å². The van der Waals surface area contributed by atoms with Crippen LogP contribution in [0.4, 0.5) is 0 Å². The molecule has 1 aliphatic carbocycles. The Bertz CT molecular complexity index is 568. The molecule has 0 atom stereocenters. The van der Waals surface area contributed by atoms with Crippen LogP contribution in [0.2, 0.25) is 0 Å². The second-order valence-electron chi connectivity index (χ2n) is 6.00. The summed E-state index contributed by atoms with van der Waals surface area (Å²) >= 11 is 0. The van der Waals surface area contributed by atoms with Crippen LogP contribution in [0.1, 0.15) is 37.7 Å². The highest BCUT2D eigenvalue weighted by atomic mass is 16.5. The number of nitrogens with one attached hydrogen (secondary N) is 2. The van der Waals surface area contributed by atoms with E-state index in [9.17, 15) is 9.59 Å². The summed E-state index contributed by atoms with van der Waals surface area (Å²) in [5.41, 5.74) is 1.00. The van der Waals surface area contributed by atoms with E-state index in [1.807, 2.05) is 18.2 Å². The normalized spacial score (nSPS) is 14.8. The molecule has 2 amide bonds. The molecular formula is C18H26N2O4. The Morgan fingerprint density at radius 2 is 1.75 bits per heavy atom. The molecule has 6 heteroatoms. The number of carbonyl (C=O) groups excluding carboxylic acids is 2. The van der Waals surface area contributed by atoms with Crippen molar-refractivity contribution in [2.45, 2.75) is 44.6 Å². The molecule has 0 unspecified atom stereocenters. The standard InChI is InChI=1S/C18H26N2O4/c1-23-15-9-8-13(12-16(15)24-2)10-11-19-17(21)18(22)20-14-6-4-3-5-7-14/h8-9,12,14H,3-7,10-11H2,1-2H3,(H,19,21)(H,20,22). The maximum atomic E-state index is 11.9. The summed E-state index contributed by atoms with van der Waals surface area (Å²) in [5.74, 6) is 0.212. The average Bonchev–Trinajstić information content (AvgIpc) is 2.62. The first-order chi connectivity index (χ1) is 11.6. The first-order valence-corrected chi connectivity index (χ1v) is 8.43. The number of hydrogen-bond acceptors (Lipinski definition) is 4. The lowest BCUT2D eigenvalue weighted by atomic mass is 9.95. The van der Waals surface area contributed by atoms with Gasteiger partial charge in [0.05, 0.1) is 14.2 Å². The lowest BCUT2D eigenvalue weighted by molar-refractivity contribution is -0.139. The average molecular weight is 334 g/mol. The van der Waals surface area contributed by atoms with Crippen molar-refractivity contribution >= 4 is 11.8 Å². The number of methoxy groups -OCH3 is 2. The number of hydrogen-bond donors (Lipinski definition) is 2. The zero-order valence-corrected chi connectivity index (χ0v) is 14.4. The van der Waals surface area contributed by atoms with Gasteiger partial charge in [-0.15, -0.1) is 0 Å². The molecule has 0 bridgehead atoms. The first-order valence-electron chi connectivity index (χ1n) is 8.43. The SMILES string of the molecule is COc1ccc(CCNC(=O)C(=O)NC2CCCCC2)cc1OC. The first kappa shape index (κ1) is 18.1. The fourth-order valence-corrected chi connectivity index (χ4v) is 2.93. The molecule has 1 saturated carbocycles. The summed E-state index contributed by atoms with van der Waals surface area (Å²) in [4.78, 5) is 23.7. The van der Waals surface area contributed by atoms with Gasteiger partial charge in [0, 0.05) is 12.6 Å². The summed E-state index contributed by atoms with van der Waals surface area (Å²) in [5, 5.41) is 5.48. The van der Waals surface area contributed by atoms with Gasteiger partial charge in [-0.3, -0.25) is 9.59 Å². The van der Waals surface area contributed by atoms with Gasteiger partial charge in [-0.1, -0.05) is 25.3 Å². The molecule has 132 valence electrons. The smallest absolute Gasteiger partial charge is 0.309 e. The Hall–Kier alpha value is -2.24. The van der Waals surface area contributed by atoms with Crippen molar-refractivity contribution in [1.29, 1.82) is 0 Å². The molecule has 24 heavy (non-hydrogen) atoms. The van der Waals surface area contributed by atoms with E-state index in [1.54, 1.807) is 14.2 Å². The third kappa shape index (κ3) is 5.15. The van der Waals surface area contributed by atoms with E-state index >= 15 is 0 Å². The fourth-order valence-electron chi connectivity index (χ4n) is 2.93. The fraction of sp³-hybridized carbons (Fsp3) is 0.556. The summed E-state index contributed by atoms with van der Waals surface area (Å²) in [7, 11) is 3.17. The van der Waals surface area contributed by atoms with Crippen molar-refractivity contribution in [2.24, 2.45) is 0 Å². The van der Waals surface area contributed by atoms with Crippen LogP contribution in [0.5, 0.6) is 11.5 Å². The Balaban J connectivity index is 1.76. The maximum absolute atomic E-state index is 11.9. The summed E-state index contributed by atoms with van der Waals surface area (Å²) in [6.45, 7) is 0.395. The molecule has 1 fully saturated rings. The predicted octanol–water partition coefficient (Wildman–Crippen LogP) is 1.81. The zero-order valence-electron chi connectivity index (χ0n) is 14.4. The van der Waals surface area contributed by atoms with E-state index in [1.165, 1.54) is 6.42 Å². The second kappa shape index (κ2) is 9.15. The van der Waals surface area contributed by atoms with Gasteiger partial charge in [0.2, 0.25) is 0 Å². The quantitative estimate of drug-likeness (QED) is 0.778. The molecule has 1 aromatic rings. The minimum absolute atomic E-state index is 0.142. The molecule has 0 radical (unpaired) electrons. The van der Waals surface area contributed by atoms with E-state index in [2.05, 4.69) is 10.6 Å².